The summed E-state index contributed by atoms with van der Waals surface area (Å²) in [6.07, 6.45) is 0. The summed E-state index contributed by atoms with van der Waals surface area (Å²) in [7, 11) is 0. The maximum Gasteiger partial charge on any atom is 0.339 e. The average molecular weight is 328 g/mol. The van der Waals surface area contributed by atoms with Crippen molar-refractivity contribution < 1.29 is 19.2 Å². The quantitative estimate of drug-likeness (QED) is 0.517. The van der Waals surface area contributed by atoms with E-state index in [0.29, 0.717) is 5.69 Å². The topological polar surface area (TPSA) is 98.5 Å². The summed E-state index contributed by atoms with van der Waals surface area (Å²) in [5.74, 6) is -1.27. The van der Waals surface area contributed by atoms with Crippen molar-refractivity contribution >= 4 is 23.3 Å². The molecule has 0 heterocycles. The van der Waals surface area contributed by atoms with Gasteiger partial charge in [0.15, 0.2) is 6.61 Å². The minimum Gasteiger partial charge on any atom is -0.452 e. The van der Waals surface area contributed by atoms with Gasteiger partial charge < -0.3 is 10.1 Å². The largest absolute Gasteiger partial charge is 0.452 e. The van der Waals surface area contributed by atoms with Gasteiger partial charge in [0.25, 0.3) is 11.6 Å². The first kappa shape index (κ1) is 17.1. The Balaban J connectivity index is 1.98. The molecule has 0 aliphatic carbocycles. The highest BCUT2D eigenvalue weighted by Gasteiger charge is 2.19. The number of nitrogens with one attached hydrogen (secondary N) is 1. The van der Waals surface area contributed by atoms with Gasteiger partial charge in [0.1, 0.15) is 0 Å². The van der Waals surface area contributed by atoms with E-state index in [1.165, 1.54) is 25.1 Å². The van der Waals surface area contributed by atoms with E-state index < -0.39 is 23.4 Å². The Morgan fingerprint density at radius 1 is 1.12 bits per heavy atom. The van der Waals surface area contributed by atoms with Crippen LogP contribution in [0.4, 0.5) is 11.4 Å². The van der Waals surface area contributed by atoms with Crippen LogP contribution in [0.1, 0.15) is 21.5 Å². The standard InChI is InChI=1S/C17H16N2O5/c1-11-6-8-13(9-7-11)18-16(20)10-24-17(21)14-4-3-5-15(12(14)2)19(22)23/h3-9H,10H2,1-2H3,(H,18,20). The van der Waals surface area contributed by atoms with Gasteiger partial charge in [-0.25, -0.2) is 4.79 Å². The second-order valence-electron chi connectivity index (χ2n) is 5.20. The Morgan fingerprint density at radius 2 is 1.79 bits per heavy atom. The summed E-state index contributed by atoms with van der Waals surface area (Å²) in [4.78, 5) is 34.1. The molecule has 0 bridgehead atoms. The van der Waals surface area contributed by atoms with Crippen molar-refractivity contribution in [3.63, 3.8) is 0 Å². The lowest BCUT2D eigenvalue weighted by atomic mass is 10.1. The van der Waals surface area contributed by atoms with Crippen molar-refractivity contribution in [2.45, 2.75) is 13.8 Å². The number of carbonyl (C=O) groups excluding carboxylic acids is 2. The number of hydrogen-bond acceptors (Lipinski definition) is 5. The third-order valence-electron chi connectivity index (χ3n) is 3.39. The number of hydrogen-bond donors (Lipinski definition) is 1. The van der Waals surface area contributed by atoms with Crippen LogP contribution in [0.5, 0.6) is 0 Å². The SMILES string of the molecule is Cc1ccc(NC(=O)COC(=O)c2cccc([N+](=O)[O-])c2C)cc1. The molecule has 1 amide bonds. The highest BCUT2D eigenvalue weighted by molar-refractivity contribution is 5.96. The fourth-order valence-electron chi connectivity index (χ4n) is 2.09. The second kappa shape index (κ2) is 7.36. The molecule has 24 heavy (non-hydrogen) atoms. The minimum absolute atomic E-state index is 0.0623. The highest BCUT2D eigenvalue weighted by Crippen LogP contribution is 2.21. The molecule has 0 fully saturated rings. The van der Waals surface area contributed by atoms with Crippen LogP contribution in [0.3, 0.4) is 0 Å². The monoisotopic (exact) mass is 328 g/mol. The van der Waals surface area contributed by atoms with Gasteiger partial charge in [-0.3, -0.25) is 14.9 Å². The first-order valence-corrected chi connectivity index (χ1v) is 7.16. The molecule has 2 rings (SSSR count). The lowest BCUT2D eigenvalue weighted by molar-refractivity contribution is -0.385. The van der Waals surface area contributed by atoms with Gasteiger partial charge in [-0.15, -0.1) is 0 Å². The van der Waals surface area contributed by atoms with Crippen LogP contribution in [0.15, 0.2) is 42.5 Å². The Hall–Kier alpha value is -3.22. The molecule has 2 aromatic carbocycles. The number of anilines is 1. The highest BCUT2D eigenvalue weighted by atomic mass is 16.6. The molecule has 0 aromatic heterocycles. The average Bonchev–Trinajstić information content (AvgIpc) is 2.54. The van der Waals surface area contributed by atoms with E-state index in [4.69, 9.17) is 4.74 Å². The summed E-state index contributed by atoms with van der Waals surface area (Å²) in [5.41, 5.74) is 1.74. The van der Waals surface area contributed by atoms with Gasteiger partial charge in [-0.2, -0.15) is 0 Å². The van der Waals surface area contributed by atoms with Crippen molar-refractivity contribution in [2.24, 2.45) is 0 Å². The second-order valence-corrected chi connectivity index (χ2v) is 5.20. The van der Waals surface area contributed by atoms with Gasteiger partial charge in [0, 0.05) is 17.3 Å². The molecule has 7 heteroatoms. The summed E-state index contributed by atoms with van der Waals surface area (Å²) >= 11 is 0. The van der Waals surface area contributed by atoms with Gasteiger partial charge in [0.05, 0.1) is 10.5 Å². The maximum absolute atomic E-state index is 12.0. The molecule has 0 atom stereocenters. The van der Waals surface area contributed by atoms with E-state index in [1.807, 2.05) is 19.1 Å². The van der Waals surface area contributed by atoms with Crippen LogP contribution in [0.25, 0.3) is 0 Å². The number of ether oxygens (including phenoxy) is 1. The van der Waals surface area contributed by atoms with Crippen LogP contribution in [0.2, 0.25) is 0 Å². The predicted octanol–water partition coefficient (Wildman–Crippen LogP) is 3.01. The number of aryl methyl sites for hydroxylation is 1. The molecule has 0 spiro atoms. The van der Waals surface area contributed by atoms with Crippen LogP contribution in [-0.4, -0.2) is 23.4 Å². The Bertz CT molecular complexity index is 784. The van der Waals surface area contributed by atoms with E-state index in [1.54, 1.807) is 12.1 Å². The zero-order valence-corrected chi connectivity index (χ0v) is 13.2. The van der Waals surface area contributed by atoms with E-state index in [0.717, 1.165) is 5.56 Å². The smallest absolute Gasteiger partial charge is 0.339 e. The molecule has 0 saturated heterocycles. The summed E-state index contributed by atoms with van der Waals surface area (Å²) < 4.78 is 4.93. The molecule has 0 saturated carbocycles. The van der Waals surface area contributed by atoms with Crippen molar-refractivity contribution in [3.8, 4) is 0 Å². The van der Waals surface area contributed by atoms with Gasteiger partial charge >= 0.3 is 5.97 Å². The molecular weight excluding hydrogens is 312 g/mol. The number of rotatable bonds is 5. The molecule has 1 N–H and O–H groups in total. The summed E-state index contributed by atoms with van der Waals surface area (Å²) in [5, 5.41) is 13.5. The summed E-state index contributed by atoms with van der Waals surface area (Å²) in [6, 6.07) is 11.3. The maximum atomic E-state index is 12.0. The van der Waals surface area contributed by atoms with Crippen LogP contribution < -0.4 is 5.32 Å². The number of nitro groups is 1. The summed E-state index contributed by atoms with van der Waals surface area (Å²) in [6.45, 7) is 2.91. The first-order chi connectivity index (χ1) is 11.4. The number of amides is 1. The van der Waals surface area contributed by atoms with Gasteiger partial charge in [-0.05, 0) is 32.0 Å². The van der Waals surface area contributed by atoms with E-state index >= 15 is 0 Å². The van der Waals surface area contributed by atoms with Gasteiger partial charge in [0.2, 0.25) is 0 Å². The third kappa shape index (κ3) is 4.16. The van der Waals surface area contributed by atoms with E-state index in [2.05, 4.69) is 5.32 Å². The Morgan fingerprint density at radius 3 is 2.42 bits per heavy atom. The van der Waals surface area contributed by atoms with E-state index in [-0.39, 0.29) is 16.8 Å². The predicted molar refractivity (Wildman–Crippen MR) is 87.9 cm³/mol. The zero-order valence-electron chi connectivity index (χ0n) is 13.2. The fraction of sp³-hybridized carbons (Fsp3) is 0.176. The first-order valence-electron chi connectivity index (χ1n) is 7.16. The normalized spacial score (nSPS) is 10.1. The van der Waals surface area contributed by atoms with Crippen molar-refractivity contribution in [3.05, 3.63) is 69.3 Å². The molecule has 124 valence electrons. The van der Waals surface area contributed by atoms with E-state index in [9.17, 15) is 19.7 Å². The number of carbonyl (C=O) groups is 2. The number of benzene rings is 2. The van der Waals surface area contributed by atoms with Crippen molar-refractivity contribution in [1.82, 2.24) is 0 Å². The molecule has 0 unspecified atom stereocenters. The van der Waals surface area contributed by atoms with Crippen LogP contribution in [0, 0.1) is 24.0 Å². The van der Waals surface area contributed by atoms with Crippen LogP contribution >= 0.6 is 0 Å². The minimum atomic E-state index is -0.782. The number of esters is 1. The molecular formula is C17H16N2O5. The van der Waals surface area contributed by atoms with Crippen molar-refractivity contribution in [2.75, 3.05) is 11.9 Å². The molecule has 0 radical (unpaired) electrons. The molecule has 0 aliphatic heterocycles. The molecule has 0 aliphatic rings. The fourth-order valence-corrected chi connectivity index (χ4v) is 2.09. The van der Waals surface area contributed by atoms with Crippen LogP contribution in [-0.2, 0) is 9.53 Å². The number of nitrogens with zero attached hydrogens (tertiary/aromatic N) is 1. The Kier molecular flexibility index (Phi) is 5.26. The van der Waals surface area contributed by atoms with Gasteiger partial charge in [-0.1, -0.05) is 23.8 Å². The van der Waals surface area contributed by atoms with Crippen molar-refractivity contribution in [1.29, 1.82) is 0 Å². The number of nitro benzene ring substituents is 1. The zero-order chi connectivity index (χ0) is 17.7. The molecule has 7 nitrogen and oxygen atoms in total. The Labute approximate surface area is 138 Å². The lowest BCUT2D eigenvalue weighted by Crippen LogP contribution is -2.21. The lowest BCUT2D eigenvalue weighted by Gasteiger charge is -2.08. The molecule has 2 aromatic rings. The third-order valence-corrected chi connectivity index (χ3v) is 3.39.